The van der Waals surface area contributed by atoms with Gasteiger partial charge < -0.3 is 4.74 Å². The summed E-state index contributed by atoms with van der Waals surface area (Å²) < 4.78 is 43.0. The van der Waals surface area contributed by atoms with E-state index in [1.54, 1.807) is 37.3 Å². The van der Waals surface area contributed by atoms with Crippen molar-refractivity contribution in [3.05, 3.63) is 35.9 Å². The lowest BCUT2D eigenvalue weighted by Gasteiger charge is -2.19. The van der Waals surface area contributed by atoms with Gasteiger partial charge in [0.25, 0.3) is 0 Å². The predicted octanol–water partition coefficient (Wildman–Crippen LogP) is 3.80. The minimum Gasteiger partial charge on any atom is -0.466 e. The summed E-state index contributed by atoms with van der Waals surface area (Å²) in [5.74, 6) is -0.602. The number of esters is 1. The number of rotatable bonds is 6. The lowest BCUT2D eigenvalue weighted by molar-refractivity contribution is -0.154. The maximum Gasteiger partial charge on any atom is 0.401 e. The lowest BCUT2D eigenvalue weighted by atomic mass is 10.2. The van der Waals surface area contributed by atoms with Gasteiger partial charge in [0.15, 0.2) is 0 Å². The zero-order valence-corrected chi connectivity index (χ0v) is 11.3. The van der Waals surface area contributed by atoms with E-state index in [1.807, 2.05) is 0 Å². The second-order valence-electron chi connectivity index (χ2n) is 3.84. The highest BCUT2D eigenvalue weighted by Crippen LogP contribution is 2.34. The van der Waals surface area contributed by atoms with Crippen molar-refractivity contribution in [1.29, 1.82) is 0 Å². The van der Waals surface area contributed by atoms with Crippen molar-refractivity contribution in [2.45, 2.75) is 30.5 Å². The highest BCUT2D eigenvalue weighted by atomic mass is 32.2. The molecule has 19 heavy (non-hydrogen) atoms. The molecule has 6 heteroatoms. The minimum absolute atomic E-state index is 0.0900. The summed E-state index contributed by atoms with van der Waals surface area (Å²) in [4.78, 5) is 11.2. The fourth-order valence-corrected chi connectivity index (χ4v) is 2.44. The molecule has 0 aliphatic rings. The van der Waals surface area contributed by atoms with Crippen LogP contribution in [0.5, 0.6) is 0 Å². The van der Waals surface area contributed by atoms with Crippen LogP contribution in [0.1, 0.15) is 18.9 Å². The number of hydrogen-bond acceptors (Lipinski definition) is 3. The van der Waals surface area contributed by atoms with E-state index >= 15 is 0 Å². The fourth-order valence-electron chi connectivity index (χ4n) is 1.41. The molecule has 1 aromatic carbocycles. The van der Waals surface area contributed by atoms with Crippen molar-refractivity contribution >= 4 is 17.7 Å². The molecule has 2 nitrogen and oxygen atoms in total. The van der Waals surface area contributed by atoms with Crippen LogP contribution in [0, 0.1) is 0 Å². The van der Waals surface area contributed by atoms with Gasteiger partial charge in [0.2, 0.25) is 0 Å². The van der Waals surface area contributed by atoms with Crippen LogP contribution >= 0.6 is 11.8 Å². The van der Waals surface area contributed by atoms with Crippen LogP contribution in [0.25, 0.3) is 0 Å². The number of alkyl halides is 3. The topological polar surface area (TPSA) is 26.3 Å². The molecular weight excluding hydrogens is 277 g/mol. The van der Waals surface area contributed by atoms with Gasteiger partial charge in [-0.2, -0.15) is 13.2 Å². The van der Waals surface area contributed by atoms with E-state index in [-0.39, 0.29) is 12.4 Å². The predicted molar refractivity (Wildman–Crippen MR) is 68.8 cm³/mol. The maximum atomic E-state index is 12.8. The molecule has 1 unspecified atom stereocenters. The molecular formula is C13H15F3O2S. The Morgan fingerprint density at radius 1 is 1.32 bits per heavy atom. The third-order valence-electron chi connectivity index (χ3n) is 2.32. The number of benzene rings is 1. The summed E-state index contributed by atoms with van der Waals surface area (Å²) >= 11 is 0.710. The van der Waals surface area contributed by atoms with Crippen LogP contribution in [0.3, 0.4) is 0 Å². The highest BCUT2D eigenvalue weighted by Gasteiger charge is 2.41. The van der Waals surface area contributed by atoms with Crippen molar-refractivity contribution < 1.29 is 22.7 Å². The van der Waals surface area contributed by atoms with E-state index in [4.69, 9.17) is 0 Å². The van der Waals surface area contributed by atoms with Crippen LogP contribution in [0.4, 0.5) is 13.2 Å². The molecule has 0 saturated carbocycles. The molecule has 0 N–H and O–H groups in total. The summed E-state index contributed by atoms with van der Waals surface area (Å²) in [5, 5.41) is -1.73. The zero-order chi connectivity index (χ0) is 14.3. The second kappa shape index (κ2) is 7.43. The molecule has 0 bridgehead atoms. The van der Waals surface area contributed by atoms with Gasteiger partial charge in [0.05, 0.1) is 13.0 Å². The first kappa shape index (κ1) is 15.9. The Kier molecular flexibility index (Phi) is 6.21. The first-order valence-corrected chi connectivity index (χ1v) is 6.86. The number of halogens is 3. The molecule has 0 aromatic heterocycles. The van der Waals surface area contributed by atoms with Gasteiger partial charge in [0, 0.05) is 5.75 Å². The van der Waals surface area contributed by atoms with Crippen molar-refractivity contribution in [2.24, 2.45) is 0 Å². The highest BCUT2D eigenvalue weighted by molar-refractivity contribution is 7.99. The molecule has 0 spiro atoms. The molecule has 1 atom stereocenters. The Balaban J connectivity index is 2.58. The standard InChI is InChI=1S/C13H15F3O2S/c1-2-18-12(17)8-11(13(14,15)16)19-9-10-6-4-3-5-7-10/h3-7,11H,2,8-9H2,1H3. The number of carbonyl (C=O) groups is 1. The van der Waals surface area contributed by atoms with E-state index in [1.165, 1.54) is 0 Å². The van der Waals surface area contributed by atoms with Gasteiger partial charge >= 0.3 is 12.1 Å². The molecule has 0 aliphatic heterocycles. The third-order valence-corrected chi connectivity index (χ3v) is 3.65. The lowest BCUT2D eigenvalue weighted by Crippen LogP contribution is -2.29. The number of carbonyl (C=O) groups excluding carboxylic acids is 1. The first-order valence-electron chi connectivity index (χ1n) is 5.81. The van der Waals surface area contributed by atoms with E-state index in [9.17, 15) is 18.0 Å². The Morgan fingerprint density at radius 3 is 2.47 bits per heavy atom. The maximum absolute atomic E-state index is 12.8. The molecule has 0 aliphatic carbocycles. The van der Waals surface area contributed by atoms with Crippen LogP contribution in [0.15, 0.2) is 30.3 Å². The normalized spacial score (nSPS) is 13.1. The molecule has 0 saturated heterocycles. The summed E-state index contributed by atoms with van der Waals surface area (Å²) in [6, 6.07) is 8.84. The zero-order valence-electron chi connectivity index (χ0n) is 10.4. The largest absolute Gasteiger partial charge is 0.466 e. The first-order chi connectivity index (χ1) is 8.93. The Labute approximate surface area is 114 Å². The smallest absolute Gasteiger partial charge is 0.401 e. The van der Waals surface area contributed by atoms with Gasteiger partial charge in [-0.15, -0.1) is 11.8 Å². The minimum atomic E-state index is -4.41. The summed E-state index contributed by atoms with van der Waals surface area (Å²) in [7, 11) is 0. The van der Waals surface area contributed by atoms with Crippen LogP contribution in [0.2, 0.25) is 0 Å². The Bertz CT molecular complexity index is 393. The van der Waals surface area contributed by atoms with Crippen LogP contribution in [-0.2, 0) is 15.3 Å². The number of ether oxygens (including phenoxy) is 1. The average molecular weight is 292 g/mol. The van der Waals surface area contributed by atoms with Crippen molar-refractivity contribution in [3.63, 3.8) is 0 Å². The molecule has 1 aromatic rings. The molecule has 106 valence electrons. The van der Waals surface area contributed by atoms with Gasteiger partial charge in [-0.3, -0.25) is 4.79 Å². The van der Waals surface area contributed by atoms with Gasteiger partial charge in [-0.1, -0.05) is 30.3 Å². The molecule has 0 heterocycles. The average Bonchev–Trinajstić information content (AvgIpc) is 2.34. The molecule has 0 fully saturated rings. The molecule has 0 amide bonds. The monoisotopic (exact) mass is 292 g/mol. The van der Waals surface area contributed by atoms with E-state index in [2.05, 4.69) is 4.74 Å². The quantitative estimate of drug-likeness (QED) is 0.746. The Hall–Kier alpha value is -1.17. The third kappa shape index (κ3) is 6.00. The van der Waals surface area contributed by atoms with Crippen molar-refractivity contribution in [3.8, 4) is 0 Å². The SMILES string of the molecule is CCOC(=O)CC(SCc1ccccc1)C(F)(F)F. The fraction of sp³-hybridized carbons (Fsp3) is 0.462. The number of thioether (sulfide) groups is 1. The van der Waals surface area contributed by atoms with E-state index in [0.717, 1.165) is 5.56 Å². The molecule has 1 rings (SSSR count). The Morgan fingerprint density at radius 2 is 1.95 bits per heavy atom. The van der Waals surface area contributed by atoms with Crippen molar-refractivity contribution in [2.75, 3.05) is 6.61 Å². The van der Waals surface area contributed by atoms with Crippen molar-refractivity contribution in [1.82, 2.24) is 0 Å². The summed E-state index contributed by atoms with van der Waals surface area (Å²) in [5.41, 5.74) is 0.797. The molecule has 0 radical (unpaired) electrons. The van der Waals surface area contributed by atoms with Gasteiger partial charge in [-0.25, -0.2) is 0 Å². The van der Waals surface area contributed by atoms with Gasteiger partial charge in [0.1, 0.15) is 5.25 Å². The van der Waals surface area contributed by atoms with E-state index in [0.29, 0.717) is 11.8 Å². The second-order valence-corrected chi connectivity index (χ2v) is 5.03. The van der Waals surface area contributed by atoms with E-state index < -0.39 is 23.8 Å². The van der Waals surface area contributed by atoms with Gasteiger partial charge in [-0.05, 0) is 12.5 Å². The van der Waals surface area contributed by atoms with Crippen LogP contribution in [-0.4, -0.2) is 24.0 Å². The summed E-state index contributed by atoms with van der Waals surface area (Å²) in [6.45, 7) is 1.66. The summed E-state index contributed by atoms with van der Waals surface area (Å²) in [6.07, 6.45) is -5.05. The van der Waals surface area contributed by atoms with Crippen LogP contribution < -0.4 is 0 Å². The number of hydrogen-bond donors (Lipinski definition) is 0.